The van der Waals surface area contributed by atoms with Crippen LogP contribution in [0.15, 0.2) is 18.5 Å². The molecular weight excluding hydrogens is 186 g/mol. The SMILES string of the molecule is CCC(CC)N(C)c1cnccc1CN. The van der Waals surface area contributed by atoms with Crippen molar-refractivity contribution >= 4 is 5.69 Å². The molecule has 0 aliphatic rings. The van der Waals surface area contributed by atoms with E-state index in [4.69, 9.17) is 5.73 Å². The lowest BCUT2D eigenvalue weighted by Gasteiger charge is -2.29. The summed E-state index contributed by atoms with van der Waals surface area (Å²) in [6.45, 7) is 4.99. The summed E-state index contributed by atoms with van der Waals surface area (Å²) in [6, 6.07) is 2.56. The summed E-state index contributed by atoms with van der Waals surface area (Å²) in [6.07, 6.45) is 5.99. The Kier molecular flexibility index (Phi) is 4.56. The summed E-state index contributed by atoms with van der Waals surface area (Å²) in [5, 5.41) is 0. The molecule has 1 rings (SSSR count). The van der Waals surface area contributed by atoms with E-state index in [1.807, 2.05) is 12.3 Å². The molecule has 0 amide bonds. The molecule has 1 aromatic rings. The maximum absolute atomic E-state index is 5.72. The first-order valence-corrected chi connectivity index (χ1v) is 5.60. The van der Waals surface area contributed by atoms with E-state index >= 15 is 0 Å². The molecule has 2 N–H and O–H groups in total. The monoisotopic (exact) mass is 207 g/mol. The molecule has 0 atom stereocenters. The fourth-order valence-electron chi connectivity index (χ4n) is 1.94. The van der Waals surface area contributed by atoms with E-state index in [0.29, 0.717) is 12.6 Å². The van der Waals surface area contributed by atoms with Gasteiger partial charge in [-0.1, -0.05) is 13.8 Å². The van der Waals surface area contributed by atoms with Gasteiger partial charge in [-0.3, -0.25) is 4.98 Å². The Labute approximate surface area is 92.3 Å². The van der Waals surface area contributed by atoms with Crippen LogP contribution < -0.4 is 10.6 Å². The number of nitrogens with two attached hydrogens (primary N) is 1. The van der Waals surface area contributed by atoms with Crippen molar-refractivity contribution < 1.29 is 0 Å². The lowest BCUT2D eigenvalue weighted by molar-refractivity contribution is 0.589. The Morgan fingerprint density at radius 2 is 2.07 bits per heavy atom. The van der Waals surface area contributed by atoms with Gasteiger partial charge in [0, 0.05) is 25.8 Å². The zero-order chi connectivity index (χ0) is 11.3. The molecule has 84 valence electrons. The third kappa shape index (κ3) is 2.69. The van der Waals surface area contributed by atoms with Crippen molar-refractivity contribution in [2.45, 2.75) is 39.3 Å². The van der Waals surface area contributed by atoms with Crippen molar-refractivity contribution in [3.05, 3.63) is 24.0 Å². The Bertz CT molecular complexity index is 295. The highest BCUT2D eigenvalue weighted by Crippen LogP contribution is 2.21. The van der Waals surface area contributed by atoms with Crippen LogP contribution in [0.4, 0.5) is 5.69 Å². The van der Waals surface area contributed by atoms with Crippen molar-refractivity contribution in [3.8, 4) is 0 Å². The molecule has 0 unspecified atom stereocenters. The zero-order valence-corrected chi connectivity index (χ0v) is 9.90. The Hall–Kier alpha value is -1.09. The summed E-state index contributed by atoms with van der Waals surface area (Å²) in [4.78, 5) is 6.46. The number of pyridine rings is 1. The Balaban J connectivity index is 2.93. The summed E-state index contributed by atoms with van der Waals surface area (Å²) < 4.78 is 0. The third-order valence-electron chi connectivity index (χ3n) is 2.98. The second-order valence-electron chi connectivity index (χ2n) is 3.79. The van der Waals surface area contributed by atoms with Crippen LogP contribution in [0.2, 0.25) is 0 Å². The fraction of sp³-hybridized carbons (Fsp3) is 0.583. The van der Waals surface area contributed by atoms with Gasteiger partial charge in [0.05, 0.1) is 11.9 Å². The molecule has 0 aromatic carbocycles. The predicted molar refractivity (Wildman–Crippen MR) is 64.9 cm³/mol. The fourth-order valence-corrected chi connectivity index (χ4v) is 1.94. The maximum Gasteiger partial charge on any atom is 0.0598 e. The van der Waals surface area contributed by atoms with Gasteiger partial charge in [0.25, 0.3) is 0 Å². The van der Waals surface area contributed by atoms with Crippen LogP contribution in [0.1, 0.15) is 32.3 Å². The number of rotatable bonds is 5. The molecule has 0 saturated carbocycles. The molecule has 3 nitrogen and oxygen atoms in total. The van der Waals surface area contributed by atoms with Gasteiger partial charge in [0.2, 0.25) is 0 Å². The van der Waals surface area contributed by atoms with Crippen LogP contribution in [0.25, 0.3) is 0 Å². The van der Waals surface area contributed by atoms with Gasteiger partial charge in [0.1, 0.15) is 0 Å². The number of anilines is 1. The smallest absolute Gasteiger partial charge is 0.0598 e. The van der Waals surface area contributed by atoms with E-state index in [-0.39, 0.29) is 0 Å². The van der Waals surface area contributed by atoms with Gasteiger partial charge in [-0.15, -0.1) is 0 Å². The second kappa shape index (κ2) is 5.71. The largest absolute Gasteiger partial charge is 0.370 e. The summed E-state index contributed by atoms with van der Waals surface area (Å²) in [5.41, 5.74) is 8.04. The Morgan fingerprint density at radius 3 is 2.60 bits per heavy atom. The molecular formula is C12H21N3. The summed E-state index contributed by atoms with van der Waals surface area (Å²) in [5.74, 6) is 0. The highest BCUT2D eigenvalue weighted by Gasteiger charge is 2.13. The molecule has 0 radical (unpaired) electrons. The standard InChI is InChI=1S/C12H21N3/c1-4-11(5-2)15(3)12-9-14-7-6-10(12)8-13/h6-7,9,11H,4-5,8,13H2,1-3H3. The first kappa shape index (κ1) is 12.0. The normalized spacial score (nSPS) is 10.7. The molecule has 0 spiro atoms. The van der Waals surface area contributed by atoms with Gasteiger partial charge in [-0.2, -0.15) is 0 Å². The number of hydrogen-bond acceptors (Lipinski definition) is 3. The van der Waals surface area contributed by atoms with Crippen molar-refractivity contribution in [1.82, 2.24) is 4.98 Å². The van der Waals surface area contributed by atoms with Crippen molar-refractivity contribution in [2.75, 3.05) is 11.9 Å². The molecule has 0 aliphatic heterocycles. The average molecular weight is 207 g/mol. The first-order valence-electron chi connectivity index (χ1n) is 5.60. The van der Waals surface area contributed by atoms with Crippen LogP contribution in [0.5, 0.6) is 0 Å². The summed E-state index contributed by atoms with van der Waals surface area (Å²) >= 11 is 0. The van der Waals surface area contributed by atoms with E-state index in [1.54, 1.807) is 6.20 Å². The van der Waals surface area contributed by atoms with Crippen LogP contribution in [-0.2, 0) is 6.54 Å². The van der Waals surface area contributed by atoms with Crippen LogP contribution in [-0.4, -0.2) is 18.1 Å². The van der Waals surface area contributed by atoms with Gasteiger partial charge >= 0.3 is 0 Å². The van der Waals surface area contributed by atoms with Gasteiger partial charge in [-0.25, -0.2) is 0 Å². The molecule has 3 heteroatoms. The van der Waals surface area contributed by atoms with E-state index < -0.39 is 0 Å². The van der Waals surface area contributed by atoms with Gasteiger partial charge in [-0.05, 0) is 24.5 Å². The van der Waals surface area contributed by atoms with Gasteiger partial charge in [0.15, 0.2) is 0 Å². The van der Waals surface area contributed by atoms with Crippen molar-refractivity contribution in [3.63, 3.8) is 0 Å². The quantitative estimate of drug-likeness (QED) is 0.804. The van der Waals surface area contributed by atoms with Crippen LogP contribution >= 0.6 is 0 Å². The topological polar surface area (TPSA) is 42.2 Å². The molecule has 1 aromatic heterocycles. The van der Waals surface area contributed by atoms with E-state index in [2.05, 4.69) is 30.8 Å². The van der Waals surface area contributed by atoms with Crippen molar-refractivity contribution in [2.24, 2.45) is 5.73 Å². The van der Waals surface area contributed by atoms with E-state index in [0.717, 1.165) is 18.5 Å². The highest BCUT2D eigenvalue weighted by atomic mass is 15.1. The highest BCUT2D eigenvalue weighted by molar-refractivity contribution is 5.51. The van der Waals surface area contributed by atoms with Gasteiger partial charge < -0.3 is 10.6 Å². The molecule has 0 aliphatic carbocycles. The van der Waals surface area contributed by atoms with Crippen LogP contribution in [0, 0.1) is 0 Å². The minimum Gasteiger partial charge on any atom is -0.370 e. The van der Waals surface area contributed by atoms with Crippen molar-refractivity contribution in [1.29, 1.82) is 0 Å². The number of nitrogens with zero attached hydrogens (tertiary/aromatic N) is 2. The van der Waals surface area contributed by atoms with Crippen LogP contribution in [0.3, 0.4) is 0 Å². The summed E-state index contributed by atoms with van der Waals surface area (Å²) in [7, 11) is 2.12. The zero-order valence-electron chi connectivity index (χ0n) is 9.90. The molecule has 0 saturated heterocycles. The third-order valence-corrected chi connectivity index (χ3v) is 2.98. The first-order chi connectivity index (χ1) is 7.24. The molecule has 1 heterocycles. The lowest BCUT2D eigenvalue weighted by atomic mass is 10.1. The number of hydrogen-bond donors (Lipinski definition) is 1. The Morgan fingerprint density at radius 1 is 1.40 bits per heavy atom. The minimum atomic E-state index is 0.569. The molecule has 0 bridgehead atoms. The predicted octanol–water partition coefficient (Wildman–Crippen LogP) is 2.17. The maximum atomic E-state index is 5.72. The average Bonchev–Trinajstić information content (AvgIpc) is 2.30. The molecule has 15 heavy (non-hydrogen) atoms. The molecule has 0 fully saturated rings. The van der Waals surface area contributed by atoms with E-state index in [1.165, 1.54) is 5.56 Å². The number of aromatic nitrogens is 1. The second-order valence-corrected chi connectivity index (χ2v) is 3.79. The van der Waals surface area contributed by atoms with E-state index in [9.17, 15) is 0 Å². The minimum absolute atomic E-state index is 0.569. The lowest BCUT2D eigenvalue weighted by Crippen LogP contribution is -2.31.